The molecule has 1 aromatic heterocycles. The summed E-state index contributed by atoms with van der Waals surface area (Å²) in [5.41, 5.74) is 0.933. The molecule has 0 spiro atoms. The molecule has 2 heterocycles. The number of hydrogen-bond acceptors (Lipinski definition) is 3. The van der Waals surface area contributed by atoms with Gasteiger partial charge >= 0.3 is 5.97 Å². The van der Waals surface area contributed by atoms with E-state index >= 15 is 0 Å². The molecule has 0 aliphatic carbocycles. The number of halogens is 1. The fourth-order valence-electron chi connectivity index (χ4n) is 1.43. The number of nitrogens with zero attached hydrogens (tertiary/aromatic N) is 2. The van der Waals surface area contributed by atoms with Crippen LogP contribution in [-0.2, 0) is 4.79 Å². The molecule has 0 saturated carbocycles. The van der Waals surface area contributed by atoms with Crippen LogP contribution in [0.5, 0.6) is 0 Å². The quantitative estimate of drug-likeness (QED) is 0.750. The van der Waals surface area contributed by atoms with E-state index in [0.29, 0.717) is 18.2 Å². The summed E-state index contributed by atoms with van der Waals surface area (Å²) >= 11 is 5.71. The first kappa shape index (κ1) is 9.27. The third kappa shape index (κ3) is 1.65. The van der Waals surface area contributed by atoms with Crippen LogP contribution in [0.3, 0.4) is 0 Å². The first-order valence-corrected chi connectivity index (χ1v) is 4.64. The second kappa shape index (κ2) is 3.46. The lowest BCUT2D eigenvalue weighted by Gasteiger charge is -2.38. The average Bonchev–Trinajstić information content (AvgIpc) is 2.00. The van der Waals surface area contributed by atoms with Crippen LogP contribution >= 0.6 is 11.6 Å². The van der Waals surface area contributed by atoms with Crippen molar-refractivity contribution in [2.24, 2.45) is 5.92 Å². The molecule has 0 radical (unpaired) electrons. The van der Waals surface area contributed by atoms with Gasteiger partial charge in [-0.25, -0.2) is 4.98 Å². The van der Waals surface area contributed by atoms with E-state index in [1.807, 2.05) is 11.0 Å². The Hall–Kier alpha value is -1.29. The maximum absolute atomic E-state index is 10.6. The summed E-state index contributed by atoms with van der Waals surface area (Å²) in [4.78, 5) is 16.4. The fraction of sp³-hybridized carbons (Fsp3) is 0.333. The van der Waals surface area contributed by atoms with E-state index in [2.05, 4.69) is 4.98 Å². The van der Waals surface area contributed by atoms with Crippen molar-refractivity contribution in [2.75, 3.05) is 18.0 Å². The summed E-state index contributed by atoms with van der Waals surface area (Å²) in [6.07, 6.45) is 1.62. The van der Waals surface area contributed by atoms with E-state index in [1.165, 1.54) is 0 Å². The monoisotopic (exact) mass is 212 g/mol. The third-order valence-corrected chi connectivity index (χ3v) is 2.51. The lowest BCUT2D eigenvalue weighted by molar-refractivity contribution is -0.142. The highest BCUT2D eigenvalue weighted by molar-refractivity contribution is 6.29. The fourth-order valence-corrected chi connectivity index (χ4v) is 1.60. The normalized spacial score (nSPS) is 16.5. The first-order valence-electron chi connectivity index (χ1n) is 4.26. The summed E-state index contributed by atoms with van der Waals surface area (Å²) in [6, 6.07) is 3.56. The second-order valence-corrected chi connectivity index (χ2v) is 3.66. The van der Waals surface area contributed by atoms with Gasteiger partial charge in [-0.1, -0.05) is 11.6 Å². The zero-order chi connectivity index (χ0) is 10.1. The van der Waals surface area contributed by atoms with Crippen LogP contribution in [0.2, 0.25) is 5.15 Å². The molecule has 1 N–H and O–H groups in total. The summed E-state index contributed by atoms with van der Waals surface area (Å²) in [5, 5.41) is 9.12. The molecule has 0 bridgehead atoms. The standard InChI is InChI=1S/C9H9ClN2O2/c10-8-3-7(1-2-11-8)12-4-6(5-12)9(13)14/h1-3,6H,4-5H2,(H,13,14). The van der Waals surface area contributed by atoms with Gasteiger partial charge in [-0.2, -0.15) is 0 Å². The van der Waals surface area contributed by atoms with Crippen LogP contribution in [0.4, 0.5) is 5.69 Å². The Morgan fingerprint density at radius 2 is 2.36 bits per heavy atom. The van der Waals surface area contributed by atoms with Gasteiger partial charge in [0.05, 0.1) is 5.92 Å². The minimum absolute atomic E-state index is 0.248. The number of pyridine rings is 1. The molecule has 0 atom stereocenters. The Morgan fingerprint density at radius 1 is 1.64 bits per heavy atom. The first-order chi connectivity index (χ1) is 6.66. The van der Waals surface area contributed by atoms with Crippen molar-refractivity contribution in [3.8, 4) is 0 Å². The van der Waals surface area contributed by atoms with Crippen molar-refractivity contribution in [2.45, 2.75) is 0 Å². The minimum atomic E-state index is -0.735. The molecule has 5 heteroatoms. The highest BCUT2D eigenvalue weighted by Crippen LogP contribution is 2.25. The molecule has 74 valence electrons. The van der Waals surface area contributed by atoms with Crippen molar-refractivity contribution in [3.63, 3.8) is 0 Å². The molecule has 14 heavy (non-hydrogen) atoms. The maximum Gasteiger partial charge on any atom is 0.310 e. The van der Waals surface area contributed by atoms with Gasteiger partial charge in [0.2, 0.25) is 0 Å². The number of aliphatic carboxylic acids is 1. The van der Waals surface area contributed by atoms with Gasteiger partial charge in [-0.15, -0.1) is 0 Å². The van der Waals surface area contributed by atoms with Crippen LogP contribution in [0.1, 0.15) is 0 Å². The molecular formula is C9H9ClN2O2. The molecule has 2 rings (SSSR count). The van der Waals surface area contributed by atoms with Gasteiger partial charge in [0.1, 0.15) is 5.15 Å². The minimum Gasteiger partial charge on any atom is -0.481 e. The predicted molar refractivity (Wildman–Crippen MR) is 52.6 cm³/mol. The number of carboxylic acids is 1. The summed E-state index contributed by atoms with van der Waals surface area (Å²) in [5.74, 6) is -0.983. The van der Waals surface area contributed by atoms with Crippen LogP contribution in [0.25, 0.3) is 0 Å². The lowest BCUT2D eigenvalue weighted by atomic mass is 10.00. The Kier molecular flexibility index (Phi) is 2.29. The van der Waals surface area contributed by atoms with Crippen LogP contribution < -0.4 is 4.90 Å². The van der Waals surface area contributed by atoms with Crippen molar-refractivity contribution >= 4 is 23.3 Å². The molecule has 1 aliphatic rings. The highest BCUT2D eigenvalue weighted by atomic mass is 35.5. The van der Waals surface area contributed by atoms with Gasteiger partial charge in [0.15, 0.2) is 0 Å². The van der Waals surface area contributed by atoms with E-state index in [-0.39, 0.29) is 5.92 Å². The van der Waals surface area contributed by atoms with Crippen LogP contribution in [-0.4, -0.2) is 29.1 Å². The summed E-state index contributed by atoms with van der Waals surface area (Å²) < 4.78 is 0. The van der Waals surface area contributed by atoms with E-state index < -0.39 is 5.97 Å². The SMILES string of the molecule is O=C(O)C1CN(c2ccnc(Cl)c2)C1. The van der Waals surface area contributed by atoms with Crippen molar-refractivity contribution in [1.29, 1.82) is 0 Å². The predicted octanol–water partition coefficient (Wildman–Crippen LogP) is 1.26. The smallest absolute Gasteiger partial charge is 0.310 e. The van der Waals surface area contributed by atoms with E-state index in [9.17, 15) is 4.79 Å². The molecule has 1 aromatic rings. The Labute approximate surface area is 86.1 Å². The molecular weight excluding hydrogens is 204 g/mol. The number of rotatable bonds is 2. The Bertz CT molecular complexity index is 364. The zero-order valence-corrected chi connectivity index (χ0v) is 8.11. The third-order valence-electron chi connectivity index (χ3n) is 2.31. The Balaban J connectivity index is 2.03. The van der Waals surface area contributed by atoms with Crippen molar-refractivity contribution in [3.05, 3.63) is 23.5 Å². The number of anilines is 1. The van der Waals surface area contributed by atoms with Crippen molar-refractivity contribution < 1.29 is 9.90 Å². The van der Waals surface area contributed by atoms with Gasteiger partial charge in [-0.05, 0) is 12.1 Å². The van der Waals surface area contributed by atoms with Crippen LogP contribution in [0, 0.1) is 5.92 Å². The number of carbonyl (C=O) groups is 1. The maximum atomic E-state index is 10.6. The highest BCUT2D eigenvalue weighted by Gasteiger charge is 2.32. The molecule has 1 saturated heterocycles. The molecule has 0 amide bonds. The second-order valence-electron chi connectivity index (χ2n) is 3.28. The zero-order valence-electron chi connectivity index (χ0n) is 7.35. The topological polar surface area (TPSA) is 53.4 Å². The van der Waals surface area contributed by atoms with Crippen LogP contribution in [0.15, 0.2) is 18.3 Å². The number of hydrogen-bond donors (Lipinski definition) is 1. The lowest BCUT2D eigenvalue weighted by Crippen LogP contribution is -2.50. The Morgan fingerprint density at radius 3 is 2.93 bits per heavy atom. The molecule has 0 aromatic carbocycles. The number of aromatic nitrogens is 1. The van der Waals surface area contributed by atoms with Gasteiger partial charge in [0.25, 0.3) is 0 Å². The summed E-state index contributed by atoms with van der Waals surface area (Å²) in [7, 11) is 0. The molecule has 1 fully saturated rings. The van der Waals surface area contributed by atoms with E-state index in [4.69, 9.17) is 16.7 Å². The van der Waals surface area contributed by atoms with Gasteiger partial charge < -0.3 is 10.0 Å². The average molecular weight is 213 g/mol. The molecule has 0 unspecified atom stereocenters. The number of carboxylic acid groups (broad SMARTS) is 1. The van der Waals surface area contributed by atoms with E-state index in [1.54, 1.807) is 12.3 Å². The summed E-state index contributed by atoms with van der Waals surface area (Å²) in [6.45, 7) is 1.10. The van der Waals surface area contributed by atoms with Gasteiger partial charge in [0, 0.05) is 25.0 Å². The van der Waals surface area contributed by atoms with Gasteiger partial charge in [-0.3, -0.25) is 4.79 Å². The van der Waals surface area contributed by atoms with Crippen molar-refractivity contribution in [1.82, 2.24) is 4.98 Å². The van der Waals surface area contributed by atoms with E-state index in [0.717, 1.165) is 5.69 Å². The largest absolute Gasteiger partial charge is 0.481 e. The molecule has 1 aliphatic heterocycles. The molecule has 4 nitrogen and oxygen atoms in total.